The predicted molar refractivity (Wildman–Crippen MR) is 122 cm³/mol. The van der Waals surface area contributed by atoms with Crippen molar-refractivity contribution in [1.82, 2.24) is 9.88 Å². The van der Waals surface area contributed by atoms with Crippen molar-refractivity contribution in [2.75, 3.05) is 27.4 Å². The average Bonchev–Trinajstić information content (AvgIpc) is 3.47. The largest absolute Gasteiger partial charge is 0.508 e. The first-order valence-electron chi connectivity index (χ1n) is 10.4. The van der Waals surface area contributed by atoms with E-state index in [4.69, 9.17) is 19.2 Å². The second kappa shape index (κ2) is 10.1. The maximum absolute atomic E-state index is 10.2. The first-order chi connectivity index (χ1) is 15.2. The van der Waals surface area contributed by atoms with E-state index in [-0.39, 0.29) is 6.10 Å². The lowest BCUT2D eigenvalue weighted by atomic mass is 10.1. The van der Waals surface area contributed by atoms with Crippen LogP contribution in [-0.2, 0) is 17.8 Å². The molecule has 0 bridgehead atoms. The molecule has 3 aromatic rings. The van der Waals surface area contributed by atoms with E-state index in [1.165, 1.54) is 0 Å². The fourth-order valence-corrected chi connectivity index (χ4v) is 4.77. The Morgan fingerprint density at radius 1 is 1.13 bits per heavy atom. The number of hydrogen-bond acceptors (Lipinski definition) is 7. The summed E-state index contributed by atoms with van der Waals surface area (Å²) in [5.41, 5.74) is 2.81. The van der Waals surface area contributed by atoms with Crippen LogP contribution in [0.1, 0.15) is 24.1 Å². The topological polar surface area (TPSA) is 64.1 Å². The van der Waals surface area contributed by atoms with E-state index in [0.717, 1.165) is 47.8 Å². The van der Waals surface area contributed by atoms with Crippen LogP contribution in [0.3, 0.4) is 0 Å². The quantitative estimate of drug-likeness (QED) is 0.520. The SMILES string of the molecule is COc1cccc(-c2nc(CN(Cc3ccccc3O)CC3CCCO3)cs2)c1OC. The highest BCUT2D eigenvalue weighted by Gasteiger charge is 2.22. The zero-order chi connectivity index (χ0) is 21.6. The Balaban J connectivity index is 1.55. The Bertz CT molecular complexity index is 1000. The number of thiazole rings is 1. The molecule has 0 radical (unpaired) electrons. The van der Waals surface area contributed by atoms with Crippen LogP contribution < -0.4 is 9.47 Å². The summed E-state index contributed by atoms with van der Waals surface area (Å²) in [6.45, 7) is 2.95. The molecule has 1 N–H and O–H groups in total. The summed E-state index contributed by atoms with van der Waals surface area (Å²) in [6.07, 6.45) is 2.40. The van der Waals surface area contributed by atoms with E-state index < -0.39 is 0 Å². The Kier molecular flexibility index (Phi) is 7.06. The molecule has 1 saturated heterocycles. The molecule has 7 heteroatoms. The molecule has 1 aliphatic heterocycles. The molecule has 164 valence electrons. The van der Waals surface area contributed by atoms with Gasteiger partial charge in [-0.05, 0) is 31.0 Å². The molecule has 0 amide bonds. The standard InChI is InChI=1S/C24H28N2O4S/c1-28-22-11-5-9-20(23(22)29-2)24-25-18(16-31-24)14-26(15-19-8-6-12-30-19)13-17-7-3-4-10-21(17)27/h3-5,7,9-11,16,19,27H,6,8,12-15H2,1-2H3. The summed E-state index contributed by atoms with van der Waals surface area (Å²) in [5, 5.41) is 13.2. The first kappa shape index (κ1) is 21.6. The van der Waals surface area contributed by atoms with Crippen LogP contribution in [0.2, 0.25) is 0 Å². The molecule has 2 heterocycles. The number of aromatic hydroxyl groups is 1. The number of para-hydroxylation sites is 2. The number of nitrogens with zero attached hydrogens (tertiary/aromatic N) is 2. The van der Waals surface area contributed by atoms with E-state index in [2.05, 4.69) is 10.3 Å². The van der Waals surface area contributed by atoms with E-state index >= 15 is 0 Å². The number of methoxy groups -OCH3 is 2. The smallest absolute Gasteiger partial charge is 0.170 e. The summed E-state index contributed by atoms with van der Waals surface area (Å²) < 4.78 is 16.9. The third-order valence-electron chi connectivity index (χ3n) is 5.44. The van der Waals surface area contributed by atoms with Gasteiger partial charge in [0.1, 0.15) is 10.8 Å². The predicted octanol–water partition coefficient (Wildman–Crippen LogP) is 4.71. The molecule has 0 spiro atoms. The van der Waals surface area contributed by atoms with Crippen LogP contribution in [0.5, 0.6) is 17.2 Å². The van der Waals surface area contributed by atoms with Crippen molar-refractivity contribution < 1.29 is 19.3 Å². The third-order valence-corrected chi connectivity index (χ3v) is 6.37. The van der Waals surface area contributed by atoms with Crippen LogP contribution in [0.25, 0.3) is 10.6 Å². The molecule has 1 aromatic heterocycles. The van der Waals surface area contributed by atoms with Crippen molar-refractivity contribution >= 4 is 11.3 Å². The monoisotopic (exact) mass is 440 g/mol. The molecule has 6 nitrogen and oxygen atoms in total. The maximum atomic E-state index is 10.2. The Hall–Kier alpha value is -2.61. The van der Waals surface area contributed by atoms with Gasteiger partial charge in [0.05, 0.1) is 31.6 Å². The van der Waals surface area contributed by atoms with Gasteiger partial charge in [0.2, 0.25) is 0 Å². The molecule has 31 heavy (non-hydrogen) atoms. The van der Waals surface area contributed by atoms with Gasteiger partial charge in [-0.25, -0.2) is 4.98 Å². The number of phenolic OH excluding ortho intramolecular Hbond substituents is 1. The number of rotatable bonds is 9. The highest BCUT2D eigenvalue weighted by Crippen LogP contribution is 2.39. The van der Waals surface area contributed by atoms with Gasteiger partial charge in [-0.1, -0.05) is 24.3 Å². The van der Waals surface area contributed by atoms with E-state index in [0.29, 0.717) is 30.3 Å². The van der Waals surface area contributed by atoms with Crippen molar-refractivity contribution in [2.45, 2.75) is 32.0 Å². The highest BCUT2D eigenvalue weighted by atomic mass is 32.1. The van der Waals surface area contributed by atoms with Gasteiger partial charge in [-0.3, -0.25) is 4.90 Å². The van der Waals surface area contributed by atoms with Crippen molar-refractivity contribution in [2.24, 2.45) is 0 Å². The van der Waals surface area contributed by atoms with Crippen molar-refractivity contribution in [3.63, 3.8) is 0 Å². The molecule has 4 rings (SSSR count). The summed E-state index contributed by atoms with van der Waals surface area (Å²) in [5.74, 6) is 1.70. The van der Waals surface area contributed by atoms with Gasteiger partial charge in [0.25, 0.3) is 0 Å². The normalized spacial score (nSPS) is 16.0. The van der Waals surface area contributed by atoms with Gasteiger partial charge >= 0.3 is 0 Å². The van der Waals surface area contributed by atoms with Gasteiger partial charge < -0.3 is 19.3 Å². The molecular formula is C24H28N2O4S. The Labute approximate surface area is 187 Å². The van der Waals surface area contributed by atoms with Gasteiger partial charge in [0, 0.05) is 37.2 Å². The summed E-state index contributed by atoms with van der Waals surface area (Å²) in [7, 11) is 3.28. The number of phenols is 1. The third kappa shape index (κ3) is 5.18. The molecule has 1 aliphatic rings. The number of ether oxygens (including phenoxy) is 3. The second-order valence-corrected chi connectivity index (χ2v) is 8.48. The lowest BCUT2D eigenvalue weighted by Gasteiger charge is -2.25. The minimum Gasteiger partial charge on any atom is -0.508 e. The van der Waals surface area contributed by atoms with Gasteiger partial charge in [-0.2, -0.15) is 0 Å². The van der Waals surface area contributed by atoms with Crippen molar-refractivity contribution in [1.29, 1.82) is 0 Å². The molecule has 1 atom stereocenters. The van der Waals surface area contributed by atoms with Gasteiger partial charge in [-0.15, -0.1) is 11.3 Å². The van der Waals surface area contributed by atoms with Crippen LogP contribution >= 0.6 is 11.3 Å². The fraction of sp³-hybridized carbons (Fsp3) is 0.375. The minimum atomic E-state index is 0.224. The zero-order valence-electron chi connectivity index (χ0n) is 17.9. The van der Waals surface area contributed by atoms with Crippen molar-refractivity contribution in [3.05, 3.63) is 59.1 Å². The average molecular weight is 441 g/mol. The summed E-state index contributed by atoms with van der Waals surface area (Å²) >= 11 is 1.59. The molecular weight excluding hydrogens is 412 g/mol. The molecule has 1 unspecified atom stereocenters. The second-order valence-electron chi connectivity index (χ2n) is 7.62. The highest BCUT2D eigenvalue weighted by molar-refractivity contribution is 7.13. The molecule has 2 aromatic carbocycles. The number of hydrogen-bond donors (Lipinski definition) is 1. The Morgan fingerprint density at radius 3 is 2.74 bits per heavy atom. The van der Waals surface area contributed by atoms with Crippen molar-refractivity contribution in [3.8, 4) is 27.8 Å². The summed E-state index contributed by atoms with van der Waals surface area (Å²) in [4.78, 5) is 7.18. The Morgan fingerprint density at radius 2 is 2.00 bits per heavy atom. The minimum absolute atomic E-state index is 0.224. The van der Waals surface area contributed by atoms with Gasteiger partial charge in [0.15, 0.2) is 11.5 Å². The lowest BCUT2D eigenvalue weighted by molar-refractivity contribution is 0.0673. The van der Waals surface area contributed by atoms with Crippen LogP contribution in [0, 0.1) is 0 Å². The van der Waals surface area contributed by atoms with Crippen LogP contribution in [0.4, 0.5) is 0 Å². The van der Waals surface area contributed by atoms with E-state index in [1.54, 1.807) is 31.6 Å². The molecule has 1 fully saturated rings. The zero-order valence-corrected chi connectivity index (χ0v) is 18.7. The van der Waals surface area contributed by atoms with Crippen LogP contribution in [-0.4, -0.2) is 48.5 Å². The molecule has 0 saturated carbocycles. The van der Waals surface area contributed by atoms with E-state index in [1.807, 2.05) is 36.4 Å². The summed E-state index contributed by atoms with van der Waals surface area (Å²) in [6, 6.07) is 13.3. The maximum Gasteiger partial charge on any atom is 0.170 e. The lowest BCUT2D eigenvalue weighted by Crippen LogP contribution is -2.31. The van der Waals surface area contributed by atoms with Crippen LogP contribution in [0.15, 0.2) is 47.8 Å². The fourth-order valence-electron chi connectivity index (χ4n) is 3.93. The number of aromatic nitrogens is 1. The molecule has 0 aliphatic carbocycles. The number of benzene rings is 2. The van der Waals surface area contributed by atoms with E-state index in [9.17, 15) is 5.11 Å². The first-order valence-corrected chi connectivity index (χ1v) is 11.3.